The van der Waals surface area contributed by atoms with Crippen LogP contribution in [0.5, 0.6) is 0 Å². The number of thiophene rings is 1. The maximum atomic E-state index is 11.4. The molecule has 10 heavy (non-hydrogen) atoms. The van der Waals surface area contributed by atoms with Gasteiger partial charge in [-0.3, -0.25) is 4.79 Å². The van der Waals surface area contributed by atoms with E-state index in [9.17, 15) is 4.79 Å². The zero-order chi connectivity index (χ0) is 11.8. The van der Waals surface area contributed by atoms with Gasteiger partial charge in [-0.15, -0.1) is 11.3 Å². The van der Waals surface area contributed by atoms with Crippen LogP contribution in [0, 0.1) is 11.3 Å². The molecule has 0 saturated carbocycles. The first-order valence-corrected chi connectivity index (χ1v) is 3.15. The summed E-state index contributed by atoms with van der Waals surface area (Å²) < 4.78 is 35.8. The smallest absolute Gasteiger partial charge is 0.186 e. The highest BCUT2D eigenvalue weighted by atomic mass is 32.1. The van der Waals surface area contributed by atoms with Crippen molar-refractivity contribution in [2.24, 2.45) is 0 Å². The summed E-state index contributed by atoms with van der Waals surface area (Å²) in [6.45, 7) is 0. The molecule has 0 aliphatic carbocycles. The van der Waals surface area contributed by atoms with Gasteiger partial charge in [-0.25, -0.2) is 0 Å². The fourth-order valence-corrected chi connectivity index (χ4v) is 0.845. The largest absolute Gasteiger partial charge is 0.292 e. The quantitative estimate of drug-likeness (QED) is 0.613. The average molecular weight is 156 g/mol. The van der Waals surface area contributed by atoms with E-state index in [1.54, 1.807) is 0 Å². The van der Waals surface area contributed by atoms with Gasteiger partial charge in [0.15, 0.2) is 5.78 Å². The Hall–Kier alpha value is -1.14. The Balaban J connectivity index is 3.26. The molecule has 1 aromatic heterocycles. The predicted molar refractivity (Wildman–Crippen MR) is 38.9 cm³/mol. The molecule has 0 amide bonds. The van der Waals surface area contributed by atoms with Crippen molar-refractivity contribution in [2.75, 3.05) is 0 Å². The van der Waals surface area contributed by atoms with E-state index in [0.717, 1.165) is 0 Å². The van der Waals surface area contributed by atoms with E-state index in [4.69, 9.17) is 12.1 Å². The van der Waals surface area contributed by atoms with Crippen molar-refractivity contribution in [3.63, 3.8) is 0 Å². The van der Waals surface area contributed by atoms with Crippen LogP contribution in [0.25, 0.3) is 0 Å². The minimum absolute atomic E-state index is 0.280. The molecular weight excluding hydrogens is 146 g/mol. The fourth-order valence-electron chi connectivity index (χ4n) is 0.395. The van der Waals surface area contributed by atoms with Crippen LogP contribution in [0.1, 0.15) is 22.9 Å². The van der Waals surface area contributed by atoms with Gasteiger partial charge in [-0.05, 0) is 11.4 Å². The fraction of sp³-hybridized carbons (Fsp3) is 0.143. The summed E-state index contributed by atoms with van der Waals surface area (Å²) in [6.07, 6.45) is -2.71. The van der Waals surface area contributed by atoms with Gasteiger partial charge in [0.05, 0.1) is 24.2 Å². The minimum Gasteiger partial charge on any atom is -0.292 e. The highest BCUT2D eigenvalue weighted by Gasteiger charge is 2.03. The monoisotopic (exact) mass is 156 g/mol. The van der Waals surface area contributed by atoms with Crippen molar-refractivity contribution >= 4 is 17.1 Å². The van der Waals surface area contributed by atoms with Crippen LogP contribution in [0.3, 0.4) is 0 Å². The number of hydrogen-bond acceptors (Lipinski definition) is 3. The molecule has 0 fully saturated rings. The Morgan fingerprint density at radius 3 is 3.40 bits per heavy atom. The first kappa shape index (κ1) is 2.85. The van der Waals surface area contributed by atoms with Gasteiger partial charge in [0.1, 0.15) is 0 Å². The van der Waals surface area contributed by atoms with Gasteiger partial charge in [-0.2, -0.15) is 5.26 Å². The lowest BCUT2D eigenvalue weighted by Crippen LogP contribution is -1.91. The average Bonchev–Trinajstić information content (AvgIpc) is 2.45. The summed E-state index contributed by atoms with van der Waals surface area (Å²) in [5, 5.41) is 8.12. The summed E-state index contributed by atoms with van der Waals surface area (Å²) in [5.41, 5.74) is 0. The molecule has 0 saturated heterocycles. The number of rotatable bonds is 2. The van der Waals surface area contributed by atoms with Gasteiger partial charge in [0.2, 0.25) is 0 Å². The lowest BCUT2D eigenvalue weighted by atomic mass is 10.2. The van der Waals surface area contributed by atoms with Crippen molar-refractivity contribution in [3.05, 3.63) is 22.3 Å². The Morgan fingerprint density at radius 2 is 2.90 bits per heavy atom. The molecule has 0 aliphatic heterocycles. The van der Waals surface area contributed by atoms with Crippen LogP contribution in [0.2, 0.25) is 0 Å². The topological polar surface area (TPSA) is 40.9 Å². The van der Waals surface area contributed by atoms with Crippen molar-refractivity contribution in [1.29, 1.82) is 5.26 Å². The number of carbonyl (C=O) groups is 1. The standard InChI is InChI=1S/C7H5NOS/c8-4-3-6(9)7-2-1-5-10-7/h1-2,5H,3H2/i1D,2D,3D2,5D. The highest BCUT2D eigenvalue weighted by molar-refractivity contribution is 7.12. The van der Waals surface area contributed by atoms with Crippen LogP contribution >= 0.6 is 11.3 Å². The third kappa shape index (κ3) is 1.42. The molecule has 1 heterocycles. The third-order valence-corrected chi connectivity index (χ3v) is 1.45. The molecule has 0 aromatic carbocycles. The van der Waals surface area contributed by atoms with E-state index in [-0.39, 0.29) is 10.2 Å². The van der Waals surface area contributed by atoms with E-state index in [1.807, 2.05) is 0 Å². The van der Waals surface area contributed by atoms with E-state index in [2.05, 4.69) is 0 Å². The summed E-state index contributed by atoms with van der Waals surface area (Å²) in [7, 11) is 0. The van der Waals surface area contributed by atoms with Crippen molar-refractivity contribution < 1.29 is 11.6 Å². The second-order valence-corrected chi connectivity index (χ2v) is 2.17. The zero-order valence-electron chi connectivity index (χ0n) is 9.76. The predicted octanol–water partition coefficient (Wildman–Crippen LogP) is 1.84. The SMILES string of the molecule is [2H]c1sc(C(=O)C([2H])([2H])C#N)c([2H])c1[2H]. The maximum absolute atomic E-state index is 11.4. The molecule has 2 nitrogen and oxygen atoms in total. The number of carbonyl (C=O) groups excluding carboxylic acids is 1. The molecular formula is C7H5NOS. The van der Waals surface area contributed by atoms with Crippen LogP contribution in [0.15, 0.2) is 17.4 Å². The van der Waals surface area contributed by atoms with Crippen molar-refractivity contribution in [1.82, 2.24) is 0 Å². The maximum Gasteiger partial charge on any atom is 0.186 e. The molecule has 0 atom stereocenters. The van der Waals surface area contributed by atoms with Crippen LogP contribution in [0.4, 0.5) is 0 Å². The molecule has 50 valence electrons. The molecule has 0 aliphatic rings. The van der Waals surface area contributed by atoms with E-state index in [1.165, 1.54) is 6.07 Å². The van der Waals surface area contributed by atoms with Gasteiger partial charge >= 0.3 is 0 Å². The van der Waals surface area contributed by atoms with Crippen LogP contribution in [-0.4, -0.2) is 5.78 Å². The molecule has 0 radical (unpaired) electrons. The van der Waals surface area contributed by atoms with E-state index < -0.39 is 24.2 Å². The van der Waals surface area contributed by atoms with E-state index in [0.29, 0.717) is 11.3 Å². The first-order valence-electron chi connectivity index (χ1n) is 4.84. The second kappa shape index (κ2) is 3.14. The van der Waals surface area contributed by atoms with Crippen molar-refractivity contribution in [2.45, 2.75) is 6.37 Å². The number of nitriles is 1. The minimum atomic E-state index is -2.71. The van der Waals surface area contributed by atoms with Gasteiger partial charge < -0.3 is 0 Å². The second-order valence-electron chi connectivity index (χ2n) is 1.35. The van der Waals surface area contributed by atoms with Gasteiger partial charge in [0.25, 0.3) is 0 Å². The van der Waals surface area contributed by atoms with Crippen molar-refractivity contribution in [3.8, 4) is 6.07 Å². The number of nitrogens with zero attached hydrogens (tertiary/aromatic N) is 1. The van der Waals surface area contributed by atoms with Gasteiger partial charge in [-0.1, -0.05) is 6.04 Å². The van der Waals surface area contributed by atoms with E-state index >= 15 is 0 Å². The lowest BCUT2D eigenvalue weighted by molar-refractivity contribution is 0.100. The summed E-state index contributed by atoms with van der Waals surface area (Å²) in [6, 6.07) is 0.269. The Morgan fingerprint density at radius 1 is 2.10 bits per heavy atom. The summed E-state index contributed by atoms with van der Waals surface area (Å²) >= 11 is 0.542. The zero-order valence-corrected chi connectivity index (χ0v) is 5.58. The number of ketones is 1. The molecule has 1 rings (SSSR count). The first-order chi connectivity index (χ1) is 6.81. The van der Waals surface area contributed by atoms with Gasteiger partial charge in [0, 0.05) is 0 Å². The Kier molecular flexibility index (Phi) is 0.894. The normalized spacial score (nSPS) is 17.3. The molecule has 0 spiro atoms. The Labute approximate surface area is 69.7 Å². The summed E-state index contributed by atoms with van der Waals surface area (Å²) in [5.74, 6) is -1.16. The third-order valence-electron chi connectivity index (χ3n) is 0.756. The molecule has 0 bridgehead atoms. The molecule has 3 heteroatoms. The molecule has 0 N–H and O–H groups in total. The number of hydrogen-bond donors (Lipinski definition) is 0. The summed E-state index contributed by atoms with van der Waals surface area (Å²) in [4.78, 5) is 11.1. The lowest BCUT2D eigenvalue weighted by Gasteiger charge is -1.84. The van der Waals surface area contributed by atoms with Crippen LogP contribution < -0.4 is 0 Å². The Bertz CT molecular complexity index is 461. The molecule has 0 unspecified atom stereocenters. The number of Topliss-reactive ketones (excluding diaryl/α,β-unsaturated/α-hetero) is 1. The van der Waals surface area contributed by atoms with Crippen LogP contribution in [-0.2, 0) is 0 Å². The highest BCUT2D eigenvalue weighted by Crippen LogP contribution is 2.10. The molecule has 1 aromatic rings.